The molecule has 0 aliphatic carbocycles. The van der Waals surface area contributed by atoms with E-state index >= 15 is 0 Å². The Kier molecular flexibility index (Phi) is 4.04. The lowest BCUT2D eigenvalue weighted by atomic mass is 10.2. The number of halogens is 5. The number of carbonyl (C=O) groups excluding carboxylic acids is 1. The molecule has 0 aromatic heterocycles. The molecule has 0 aliphatic heterocycles. The summed E-state index contributed by atoms with van der Waals surface area (Å²) in [5.41, 5.74) is -2.35. The molecular weight excluding hydrogens is 266 g/mol. The van der Waals surface area contributed by atoms with Crippen LogP contribution in [-0.2, 0) is 0 Å². The zero-order valence-electron chi connectivity index (χ0n) is 7.68. The molecule has 1 unspecified atom stereocenters. The van der Waals surface area contributed by atoms with Crippen molar-refractivity contribution >= 4 is 29.1 Å². The number of carbonyl (C=O) groups is 1. The molecule has 1 aromatic carbocycles. The Balaban J connectivity index is 2.70. The number of hydrogen-bond donors (Lipinski definition) is 1. The Labute approximate surface area is 99.3 Å². The third-order valence-electron chi connectivity index (χ3n) is 1.65. The van der Waals surface area contributed by atoms with Crippen molar-refractivity contribution in [2.24, 2.45) is 0 Å². The van der Waals surface area contributed by atoms with Gasteiger partial charge in [0.05, 0.1) is 0 Å². The first-order chi connectivity index (χ1) is 7.30. The first kappa shape index (κ1) is 13.1. The van der Waals surface area contributed by atoms with E-state index in [1.54, 1.807) is 5.32 Å². The van der Waals surface area contributed by atoms with Crippen LogP contribution in [0.5, 0.6) is 0 Å². The van der Waals surface area contributed by atoms with Gasteiger partial charge in [0.25, 0.3) is 5.91 Å². The average molecular weight is 272 g/mol. The highest BCUT2D eigenvalue weighted by Crippen LogP contribution is 2.23. The highest BCUT2D eigenvalue weighted by molar-refractivity contribution is 6.30. The van der Waals surface area contributed by atoms with Crippen LogP contribution in [0.15, 0.2) is 24.3 Å². The Morgan fingerprint density at radius 2 is 1.75 bits per heavy atom. The molecule has 16 heavy (non-hydrogen) atoms. The zero-order valence-corrected chi connectivity index (χ0v) is 9.20. The highest BCUT2D eigenvalue weighted by atomic mass is 35.5. The van der Waals surface area contributed by atoms with Gasteiger partial charge in [-0.3, -0.25) is 4.79 Å². The largest absolute Gasteiger partial charge is 0.422 e. The molecule has 2 nitrogen and oxygen atoms in total. The molecule has 0 heterocycles. The number of rotatable bonds is 2. The summed E-state index contributed by atoms with van der Waals surface area (Å²) >= 11 is 10.5. The second kappa shape index (κ2) is 4.93. The van der Waals surface area contributed by atoms with Crippen LogP contribution >= 0.6 is 23.2 Å². The van der Waals surface area contributed by atoms with E-state index in [0.717, 1.165) is 0 Å². The fourth-order valence-electron chi connectivity index (χ4n) is 0.882. The van der Waals surface area contributed by atoms with Gasteiger partial charge in [0, 0.05) is 10.6 Å². The van der Waals surface area contributed by atoms with Crippen LogP contribution in [0, 0.1) is 0 Å². The van der Waals surface area contributed by atoms with Crippen LogP contribution in [0.3, 0.4) is 0 Å². The van der Waals surface area contributed by atoms with Crippen molar-refractivity contribution in [3.63, 3.8) is 0 Å². The average Bonchev–Trinajstić information content (AvgIpc) is 2.17. The SMILES string of the molecule is O=C(NC(Cl)C(F)(F)F)c1ccc(Cl)cc1. The highest BCUT2D eigenvalue weighted by Gasteiger charge is 2.39. The smallest absolute Gasteiger partial charge is 0.328 e. The van der Waals surface area contributed by atoms with Crippen LogP contribution in [0.25, 0.3) is 0 Å². The minimum Gasteiger partial charge on any atom is -0.328 e. The zero-order chi connectivity index (χ0) is 12.3. The number of nitrogens with one attached hydrogen (secondary N) is 1. The summed E-state index contributed by atoms with van der Waals surface area (Å²) in [6.07, 6.45) is -4.68. The van der Waals surface area contributed by atoms with E-state index in [2.05, 4.69) is 0 Å². The number of hydrogen-bond acceptors (Lipinski definition) is 1. The van der Waals surface area contributed by atoms with Crippen molar-refractivity contribution in [3.05, 3.63) is 34.9 Å². The predicted octanol–water partition coefficient (Wildman–Crippen LogP) is 3.20. The Morgan fingerprint density at radius 1 is 1.25 bits per heavy atom. The van der Waals surface area contributed by atoms with Crippen LogP contribution in [0.4, 0.5) is 13.2 Å². The third-order valence-corrected chi connectivity index (χ3v) is 2.26. The molecule has 0 spiro atoms. The maximum atomic E-state index is 12.0. The van der Waals surface area contributed by atoms with Crippen molar-refractivity contribution in [1.82, 2.24) is 5.32 Å². The maximum Gasteiger partial charge on any atom is 0.422 e. The summed E-state index contributed by atoms with van der Waals surface area (Å²) in [7, 11) is 0. The lowest BCUT2D eigenvalue weighted by Gasteiger charge is -2.14. The van der Waals surface area contributed by atoms with E-state index in [-0.39, 0.29) is 5.56 Å². The maximum absolute atomic E-state index is 12.0. The Morgan fingerprint density at radius 3 is 2.19 bits per heavy atom. The molecule has 1 atom stereocenters. The van der Waals surface area contributed by atoms with Crippen molar-refractivity contribution in [1.29, 1.82) is 0 Å². The quantitative estimate of drug-likeness (QED) is 0.650. The van der Waals surface area contributed by atoms with Gasteiger partial charge in [0.1, 0.15) is 0 Å². The van der Waals surface area contributed by atoms with Gasteiger partial charge in [-0.15, -0.1) is 0 Å². The van der Waals surface area contributed by atoms with Crippen LogP contribution in [-0.4, -0.2) is 17.6 Å². The molecule has 0 bridgehead atoms. The number of amides is 1. The van der Waals surface area contributed by atoms with Crippen LogP contribution in [0.2, 0.25) is 5.02 Å². The number of benzene rings is 1. The number of alkyl halides is 4. The van der Waals surface area contributed by atoms with E-state index < -0.39 is 17.6 Å². The van der Waals surface area contributed by atoms with Gasteiger partial charge in [-0.1, -0.05) is 23.2 Å². The molecule has 0 saturated carbocycles. The summed E-state index contributed by atoms with van der Waals surface area (Å²) < 4.78 is 36.1. The van der Waals surface area contributed by atoms with E-state index in [4.69, 9.17) is 23.2 Å². The standard InChI is InChI=1S/C9H6Cl2F3NO/c10-6-3-1-5(2-4-6)7(16)15-8(11)9(12,13)14/h1-4,8H,(H,15,16). The summed E-state index contributed by atoms with van der Waals surface area (Å²) in [6.45, 7) is 0. The molecule has 0 saturated heterocycles. The van der Waals surface area contributed by atoms with E-state index in [0.29, 0.717) is 5.02 Å². The minimum atomic E-state index is -4.68. The summed E-state index contributed by atoms with van der Waals surface area (Å²) in [4.78, 5) is 11.3. The van der Waals surface area contributed by atoms with E-state index in [1.807, 2.05) is 0 Å². The summed E-state index contributed by atoms with van der Waals surface area (Å²) in [5.74, 6) is -0.908. The first-order valence-electron chi connectivity index (χ1n) is 4.08. The van der Waals surface area contributed by atoms with Gasteiger partial charge in [-0.05, 0) is 24.3 Å². The first-order valence-corrected chi connectivity index (χ1v) is 4.89. The predicted molar refractivity (Wildman–Crippen MR) is 54.6 cm³/mol. The van der Waals surface area contributed by atoms with Gasteiger partial charge in [-0.25, -0.2) is 0 Å². The molecule has 88 valence electrons. The van der Waals surface area contributed by atoms with Gasteiger partial charge in [0.15, 0.2) is 0 Å². The second-order valence-electron chi connectivity index (χ2n) is 2.88. The molecule has 0 aliphatic rings. The molecular formula is C9H6Cl2F3NO. The monoisotopic (exact) mass is 271 g/mol. The van der Waals surface area contributed by atoms with Gasteiger partial charge < -0.3 is 5.32 Å². The van der Waals surface area contributed by atoms with E-state index in [1.165, 1.54) is 24.3 Å². The van der Waals surface area contributed by atoms with Crippen LogP contribution in [0.1, 0.15) is 10.4 Å². The molecule has 1 N–H and O–H groups in total. The topological polar surface area (TPSA) is 29.1 Å². The fraction of sp³-hybridized carbons (Fsp3) is 0.222. The Hall–Kier alpha value is -0.940. The van der Waals surface area contributed by atoms with Crippen molar-refractivity contribution in [3.8, 4) is 0 Å². The van der Waals surface area contributed by atoms with Gasteiger partial charge in [-0.2, -0.15) is 13.2 Å². The van der Waals surface area contributed by atoms with Crippen LogP contribution < -0.4 is 5.32 Å². The lowest BCUT2D eigenvalue weighted by Crippen LogP contribution is -2.41. The Bertz CT molecular complexity index is 377. The molecule has 1 amide bonds. The second-order valence-corrected chi connectivity index (χ2v) is 3.76. The summed E-state index contributed by atoms with van der Waals surface area (Å²) in [5, 5.41) is 2.00. The summed E-state index contributed by atoms with van der Waals surface area (Å²) in [6, 6.07) is 5.40. The lowest BCUT2D eigenvalue weighted by molar-refractivity contribution is -0.134. The molecule has 0 radical (unpaired) electrons. The third kappa shape index (κ3) is 3.57. The molecule has 0 fully saturated rings. The van der Waals surface area contributed by atoms with Crippen molar-refractivity contribution in [2.75, 3.05) is 0 Å². The minimum absolute atomic E-state index is 0.0549. The van der Waals surface area contributed by atoms with Crippen molar-refractivity contribution in [2.45, 2.75) is 11.7 Å². The molecule has 7 heteroatoms. The van der Waals surface area contributed by atoms with Gasteiger partial charge >= 0.3 is 6.18 Å². The van der Waals surface area contributed by atoms with Gasteiger partial charge in [0.2, 0.25) is 5.50 Å². The van der Waals surface area contributed by atoms with E-state index in [9.17, 15) is 18.0 Å². The fourth-order valence-corrected chi connectivity index (χ4v) is 1.11. The molecule has 1 aromatic rings. The molecule has 1 rings (SSSR count). The van der Waals surface area contributed by atoms with Crippen molar-refractivity contribution < 1.29 is 18.0 Å². The normalized spacial score (nSPS) is 13.3.